The average Bonchev–Trinajstić information content (AvgIpc) is 3.03. The second-order valence-electron chi connectivity index (χ2n) is 6.94. The lowest BCUT2D eigenvalue weighted by Crippen LogP contribution is -2.49. The monoisotopic (exact) mass is 447 g/mol. The molecule has 1 aromatic heterocycles. The van der Waals surface area contributed by atoms with Crippen molar-refractivity contribution in [3.05, 3.63) is 18.5 Å². The van der Waals surface area contributed by atoms with E-state index < -0.39 is 0 Å². The van der Waals surface area contributed by atoms with Gasteiger partial charge in [-0.2, -0.15) is 5.10 Å². The Bertz CT molecular complexity index is 470. The van der Waals surface area contributed by atoms with Gasteiger partial charge in [0.2, 0.25) is 0 Å². The van der Waals surface area contributed by atoms with Crippen molar-refractivity contribution in [2.24, 2.45) is 10.4 Å². The van der Waals surface area contributed by atoms with Gasteiger partial charge in [0.15, 0.2) is 5.96 Å². The Morgan fingerprint density at radius 1 is 1.38 bits per heavy atom. The molecule has 6 heteroatoms. The van der Waals surface area contributed by atoms with Gasteiger partial charge in [-0.25, -0.2) is 0 Å². The molecule has 2 rings (SSSR count). The summed E-state index contributed by atoms with van der Waals surface area (Å²) < 4.78 is 1.97. The van der Waals surface area contributed by atoms with Crippen molar-refractivity contribution in [3.8, 4) is 0 Å². The summed E-state index contributed by atoms with van der Waals surface area (Å²) in [5, 5.41) is 7.72. The molecule has 24 heavy (non-hydrogen) atoms. The third-order valence-corrected chi connectivity index (χ3v) is 4.64. The number of aliphatic imine (C=N–C) groups is 1. The maximum atomic E-state index is 4.85. The molecule has 1 unspecified atom stereocenters. The summed E-state index contributed by atoms with van der Waals surface area (Å²) in [6.45, 7) is 11.8. The number of piperidine rings is 1. The second-order valence-corrected chi connectivity index (χ2v) is 6.94. The van der Waals surface area contributed by atoms with Crippen LogP contribution in [0.1, 0.15) is 52.9 Å². The van der Waals surface area contributed by atoms with E-state index in [0.717, 1.165) is 45.1 Å². The third kappa shape index (κ3) is 6.61. The van der Waals surface area contributed by atoms with Crippen LogP contribution in [-0.2, 0) is 6.54 Å². The minimum atomic E-state index is 0. The molecule has 0 aliphatic carbocycles. The van der Waals surface area contributed by atoms with E-state index in [1.807, 2.05) is 23.1 Å². The molecule has 1 saturated heterocycles. The van der Waals surface area contributed by atoms with Gasteiger partial charge in [0.05, 0.1) is 0 Å². The van der Waals surface area contributed by atoms with Gasteiger partial charge in [-0.3, -0.25) is 9.67 Å². The molecular weight excluding hydrogens is 413 g/mol. The summed E-state index contributed by atoms with van der Waals surface area (Å²) in [6, 6.07) is 1.97. The van der Waals surface area contributed by atoms with E-state index in [1.54, 1.807) is 0 Å². The van der Waals surface area contributed by atoms with E-state index >= 15 is 0 Å². The van der Waals surface area contributed by atoms with Gasteiger partial charge in [-0.1, -0.05) is 20.3 Å². The van der Waals surface area contributed by atoms with Gasteiger partial charge >= 0.3 is 0 Å². The van der Waals surface area contributed by atoms with Gasteiger partial charge in [-0.15, -0.1) is 24.0 Å². The van der Waals surface area contributed by atoms with Crippen molar-refractivity contribution in [3.63, 3.8) is 0 Å². The largest absolute Gasteiger partial charge is 0.357 e. The molecule has 1 aromatic rings. The predicted octanol–water partition coefficient (Wildman–Crippen LogP) is 3.76. The zero-order chi connectivity index (χ0) is 16.5. The van der Waals surface area contributed by atoms with Crippen LogP contribution in [0.5, 0.6) is 0 Å². The zero-order valence-electron chi connectivity index (χ0n) is 15.5. The fraction of sp³-hybridized carbons (Fsp3) is 0.778. The zero-order valence-corrected chi connectivity index (χ0v) is 17.8. The Hall–Kier alpha value is -0.790. The van der Waals surface area contributed by atoms with Crippen LogP contribution in [0.25, 0.3) is 0 Å². The lowest BCUT2D eigenvalue weighted by Gasteiger charge is -2.42. The van der Waals surface area contributed by atoms with Gasteiger partial charge in [0, 0.05) is 45.1 Å². The number of aromatic nitrogens is 2. The molecule has 0 aromatic carbocycles. The fourth-order valence-electron chi connectivity index (χ4n) is 3.58. The summed E-state index contributed by atoms with van der Waals surface area (Å²) in [5.41, 5.74) is 0.443. The van der Waals surface area contributed by atoms with Crippen molar-refractivity contribution in [1.82, 2.24) is 20.0 Å². The Morgan fingerprint density at radius 2 is 2.21 bits per heavy atom. The molecule has 0 radical (unpaired) electrons. The minimum absolute atomic E-state index is 0. The maximum Gasteiger partial charge on any atom is 0.193 e. The van der Waals surface area contributed by atoms with Crippen LogP contribution in [0, 0.1) is 5.41 Å². The molecule has 1 atom stereocenters. The van der Waals surface area contributed by atoms with Crippen LogP contribution in [0.2, 0.25) is 0 Å². The molecule has 1 N–H and O–H groups in total. The van der Waals surface area contributed by atoms with Crippen LogP contribution in [0.4, 0.5) is 0 Å². The molecule has 5 nitrogen and oxygen atoms in total. The van der Waals surface area contributed by atoms with Crippen molar-refractivity contribution < 1.29 is 0 Å². The number of nitrogens with one attached hydrogen (secondary N) is 1. The highest BCUT2D eigenvalue weighted by atomic mass is 127. The molecular formula is C18H34IN5. The molecule has 1 aliphatic heterocycles. The van der Waals surface area contributed by atoms with Gasteiger partial charge in [-0.05, 0) is 44.1 Å². The van der Waals surface area contributed by atoms with E-state index in [-0.39, 0.29) is 24.0 Å². The van der Waals surface area contributed by atoms with Gasteiger partial charge in [0.25, 0.3) is 0 Å². The highest BCUT2D eigenvalue weighted by Gasteiger charge is 2.31. The van der Waals surface area contributed by atoms with Gasteiger partial charge < -0.3 is 10.2 Å². The molecule has 2 heterocycles. The van der Waals surface area contributed by atoms with E-state index in [4.69, 9.17) is 4.99 Å². The Kier molecular flexibility index (Phi) is 9.69. The highest BCUT2D eigenvalue weighted by molar-refractivity contribution is 14.0. The van der Waals surface area contributed by atoms with Gasteiger partial charge in [0.1, 0.15) is 0 Å². The van der Waals surface area contributed by atoms with Crippen LogP contribution < -0.4 is 5.32 Å². The van der Waals surface area contributed by atoms with Crippen molar-refractivity contribution in [1.29, 1.82) is 0 Å². The number of rotatable bonds is 7. The quantitative estimate of drug-likeness (QED) is 0.300. The van der Waals surface area contributed by atoms with E-state index in [9.17, 15) is 0 Å². The normalized spacial score (nSPS) is 21.5. The highest BCUT2D eigenvalue weighted by Crippen LogP contribution is 2.33. The maximum absolute atomic E-state index is 4.85. The topological polar surface area (TPSA) is 45.5 Å². The SMILES string of the molecule is CCCC1(C)CCCN(C(=NCCCn2cccn2)NCC)C1.I. The molecule has 1 aliphatic rings. The first-order valence-corrected chi connectivity index (χ1v) is 9.17. The summed E-state index contributed by atoms with van der Waals surface area (Å²) in [6.07, 6.45) is 10.1. The molecule has 0 spiro atoms. The number of nitrogens with zero attached hydrogens (tertiary/aromatic N) is 4. The molecule has 0 saturated carbocycles. The Morgan fingerprint density at radius 3 is 2.88 bits per heavy atom. The van der Waals surface area contributed by atoms with Crippen LogP contribution in [-0.4, -0.2) is 46.8 Å². The minimum Gasteiger partial charge on any atom is -0.357 e. The average molecular weight is 447 g/mol. The number of hydrogen-bond donors (Lipinski definition) is 1. The predicted molar refractivity (Wildman–Crippen MR) is 112 cm³/mol. The van der Waals surface area contributed by atoms with E-state index in [1.165, 1.54) is 25.7 Å². The van der Waals surface area contributed by atoms with E-state index in [2.05, 4.69) is 36.1 Å². The Labute approximate surface area is 164 Å². The fourth-order valence-corrected chi connectivity index (χ4v) is 3.58. The number of likely N-dealkylation sites (tertiary alicyclic amines) is 1. The molecule has 0 amide bonds. The first kappa shape index (κ1) is 21.3. The summed E-state index contributed by atoms with van der Waals surface area (Å²) in [5.74, 6) is 1.09. The number of halogens is 1. The molecule has 0 bridgehead atoms. The third-order valence-electron chi connectivity index (χ3n) is 4.64. The van der Waals surface area contributed by atoms with Crippen LogP contribution in [0.15, 0.2) is 23.5 Å². The first-order chi connectivity index (χ1) is 11.2. The standard InChI is InChI=1S/C18H33N5.HI/c1-4-9-18(3)10-6-13-22(16-18)17(19-5-2)20-11-7-14-23-15-8-12-21-23;/h8,12,15H,4-7,9-11,13-14,16H2,1-3H3,(H,19,20);1H. The summed E-state index contributed by atoms with van der Waals surface area (Å²) in [4.78, 5) is 7.32. The molecule has 1 fully saturated rings. The molecule has 138 valence electrons. The van der Waals surface area contributed by atoms with Crippen LogP contribution in [0.3, 0.4) is 0 Å². The van der Waals surface area contributed by atoms with Crippen LogP contribution >= 0.6 is 24.0 Å². The van der Waals surface area contributed by atoms with Crippen molar-refractivity contribution in [2.75, 3.05) is 26.2 Å². The van der Waals surface area contributed by atoms with E-state index in [0.29, 0.717) is 5.41 Å². The van der Waals surface area contributed by atoms with Crippen molar-refractivity contribution in [2.45, 2.75) is 59.4 Å². The van der Waals surface area contributed by atoms with Crippen molar-refractivity contribution >= 4 is 29.9 Å². The first-order valence-electron chi connectivity index (χ1n) is 9.17. The second kappa shape index (κ2) is 10.9. The smallest absolute Gasteiger partial charge is 0.193 e. The lowest BCUT2D eigenvalue weighted by molar-refractivity contribution is 0.142. The number of aryl methyl sites for hydroxylation is 1. The lowest BCUT2D eigenvalue weighted by atomic mass is 9.78. The number of guanidine groups is 1. The summed E-state index contributed by atoms with van der Waals surface area (Å²) >= 11 is 0. The number of hydrogen-bond acceptors (Lipinski definition) is 2. The Balaban J connectivity index is 0.00000288. The summed E-state index contributed by atoms with van der Waals surface area (Å²) in [7, 11) is 0.